The van der Waals surface area contributed by atoms with Crippen LogP contribution in [-0.2, 0) is 0 Å². The van der Waals surface area contributed by atoms with Gasteiger partial charge >= 0.3 is 0 Å². The monoisotopic (exact) mass is 316 g/mol. The Bertz CT molecular complexity index is 835. The van der Waals surface area contributed by atoms with Gasteiger partial charge in [-0.2, -0.15) is 0 Å². The van der Waals surface area contributed by atoms with Gasteiger partial charge in [0.2, 0.25) is 0 Å². The lowest BCUT2D eigenvalue weighted by Gasteiger charge is -2.15. The molecule has 0 aliphatic heterocycles. The summed E-state index contributed by atoms with van der Waals surface area (Å²) in [6, 6.07) is 24.6. The van der Waals surface area contributed by atoms with Crippen LogP contribution in [0, 0.1) is 0 Å². The second-order valence-electron chi connectivity index (χ2n) is 5.99. The number of hydrogen-bond donors (Lipinski definition) is 0. The van der Waals surface area contributed by atoms with E-state index in [1.54, 1.807) is 0 Å². The van der Waals surface area contributed by atoms with Crippen LogP contribution in [0.1, 0.15) is 41.3 Å². The molecule has 24 heavy (non-hydrogen) atoms. The zero-order chi connectivity index (χ0) is 16.9. The lowest BCUT2D eigenvalue weighted by atomic mass is 10.0. The number of para-hydroxylation sites is 2. The van der Waals surface area contributed by atoms with Crippen molar-refractivity contribution in [1.29, 1.82) is 0 Å². The van der Waals surface area contributed by atoms with E-state index >= 15 is 0 Å². The standard InChI is InChI=1S/C22H20O2/c1-16(2)18-12-6-8-14-20(18)24-21-15-9-7-13-19(21)22(23)17-10-4-3-5-11-17/h3-16H,1-2H3. The third kappa shape index (κ3) is 3.38. The fraction of sp³-hybridized carbons (Fsp3) is 0.136. The summed E-state index contributed by atoms with van der Waals surface area (Å²) < 4.78 is 6.12. The number of ether oxygens (including phenoxy) is 1. The average Bonchev–Trinajstić information content (AvgIpc) is 2.62. The molecule has 0 N–H and O–H groups in total. The summed E-state index contributed by atoms with van der Waals surface area (Å²) in [4.78, 5) is 12.8. The van der Waals surface area contributed by atoms with Crippen molar-refractivity contribution in [2.75, 3.05) is 0 Å². The highest BCUT2D eigenvalue weighted by atomic mass is 16.5. The van der Waals surface area contributed by atoms with Gasteiger partial charge in [0.1, 0.15) is 11.5 Å². The van der Waals surface area contributed by atoms with E-state index in [-0.39, 0.29) is 5.78 Å². The van der Waals surface area contributed by atoms with Crippen LogP contribution in [0.3, 0.4) is 0 Å². The van der Waals surface area contributed by atoms with Crippen molar-refractivity contribution < 1.29 is 9.53 Å². The maximum Gasteiger partial charge on any atom is 0.196 e. The maximum absolute atomic E-state index is 12.8. The molecule has 0 saturated heterocycles. The van der Waals surface area contributed by atoms with Crippen molar-refractivity contribution in [3.05, 3.63) is 95.6 Å². The first-order valence-corrected chi connectivity index (χ1v) is 8.12. The van der Waals surface area contributed by atoms with Crippen molar-refractivity contribution in [2.45, 2.75) is 19.8 Å². The minimum absolute atomic E-state index is 0.0340. The summed E-state index contributed by atoms with van der Waals surface area (Å²) in [7, 11) is 0. The van der Waals surface area contributed by atoms with Crippen molar-refractivity contribution >= 4 is 5.78 Å². The molecule has 3 rings (SSSR count). The molecule has 3 aromatic carbocycles. The van der Waals surface area contributed by atoms with Crippen LogP contribution in [0.5, 0.6) is 11.5 Å². The van der Waals surface area contributed by atoms with Crippen molar-refractivity contribution in [3.8, 4) is 11.5 Å². The summed E-state index contributed by atoms with van der Waals surface area (Å²) in [6.45, 7) is 4.26. The average molecular weight is 316 g/mol. The minimum atomic E-state index is -0.0340. The molecule has 2 heteroatoms. The third-order valence-corrected chi connectivity index (χ3v) is 3.93. The number of hydrogen-bond acceptors (Lipinski definition) is 2. The van der Waals surface area contributed by atoms with Gasteiger partial charge in [-0.05, 0) is 29.7 Å². The van der Waals surface area contributed by atoms with Crippen molar-refractivity contribution in [3.63, 3.8) is 0 Å². The van der Waals surface area contributed by atoms with Gasteiger partial charge in [-0.25, -0.2) is 0 Å². The fourth-order valence-electron chi connectivity index (χ4n) is 2.66. The number of rotatable bonds is 5. The second-order valence-corrected chi connectivity index (χ2v) is 5.99. The van der Waals surface area contributed by atoms with E-state index in [2.05, 4.69) is 19.9 Å². The number of carbonyl (C=O) groups excluding carboxylic acids is 1. The SMILES string of the molecule is CC(C)c1ccccc1Oc1ccccc1C(=O)c1ccccc1. The molecule has 0 bridgehead atoms. The highest BCUT2D eigenvalue weighted by molar-refractivity contribution is 6.10. The molecule has 0 spiro atoms. The van der Waals surface area contributed by atoms with Gasteiger partial charge in [-0.1, -0.05) is 74.5 Å². The van der Waals surface area contributed by atoms with Crippen LogP contribution < -0.4 is 4.74 Å². The van der Waals surface area contributed by atoms with Gasteiger partial charge in [-0.15, -0.1) is 0 Å². The van der Waals surface area contributed by atoms with E-state index in [0.717, 1.165) is 11.3 Å². The second kappa shape index (κ2) is 7.14. The molecule has 0 radical (unpaired) electrons. The van der Waals surface area contributed by atoms with E-state index < -0.39 is 0 Å². The molecular formula is C22H20O2. The fourth-order valence-corrected chi connectivity index (χ4v) is 2.66. The van der Waals surface area contributed by atoms with Crippen LogP contribution in [0.25, 0.3) is 0 Å². The van der Waals surface area contributed by atoms with Gasteiger partial charge in [0.05, 0.1) is 5.56 Å². The Balaban J connectivity index is 1.98. The Labute approximate surface area is 142 Å². The van der Waals surface area contributed by atoms with Crippen LogP contribution in [0.15, 0.2) is 78.9 Å². The first-order valence-electron chi connectivity index (χ1n) is 8.12. The van der Waals surface area contributed by atoms with Gasteiger partial charge < -0.3 is 4.74 Å². The summed E-state index contributed by atoms with van der Waals surface area (Å²) in [6.07, 6.45) is 0. The maximum atomic E-state index is 12.8. The summed E-state index contributed by atoms with van der Waals surface area (Å²) >= 11 is 0. The normalized spacial score (nSPS) is 10.6. The highest BCUT2D eigenvalue weighted by Crippen LogP contribution is 2.32. The van der Waals surface area contributed by atoms with Crippen molar-refractivity contribution in [2.24, 2.45) is 0 Å². The van der Waals surface area contributed by atoms with E-state index in [1.165, 1.54) is 0 Å². The first kappa shape index (κ1) is 16.0. The van der Waals surface area contributed by atoms with Gasteiger partial charge in [-0.3, -0.25) is 4.79 Å². The third-order valence-electron chi connectivity index (χ3n) is 3.93. The molecule has 0 fully saturated rings. The van der Waals surface area contributed by atoms with Gasteiger partial charge in [0, 0.05) is 5.56 Å². The minimum Gasteiger partial charge on any atom is -0.456 e. The highest BCUT2D eigenvalue weighted by Gasteiger charge is 2.16. The van der Waals surface area contributed by atoms with Crippen LogP contribution in [0.2, 0.25) is 0 Å². The van der Waals surface area contributed by atoms with E-state index in [1.807, 2.05) is 72.8 Å². The predicted molar refractivity (Wildman–Crippen MR) is 96.9 cm³/mol. The molecule has 0 aromatic heterocycles. The zero-order valence-electron chi connectivity index (χ0n) is 13.9. The number of carbonyl (C=O) groups is 1. The quantitative estimate of drug-likeness (QED) is 0.553. The van der Waals surface area contributed by atoms with Crippen molar-refractivity contribution in [1.82, 2.24) is 0 Å². The largest absolute Gasteiger partial charge is 0.456 e. The molecule has 3 aromatic rings. The Morgan fingerprint density at radius 2 is 1.33 bits per heavy atom. The predicted octanol–water partition coefficient (Wildman–Crippen LogP) is 5.83. The number of ketones is 1. The molecular weight excluding hydrogens is 296 g/mol. The van der Waals surface area contributed by atoms with E-state index in [9.17, 15) is 4.79 Å². The summed E-state index contributed by atoms with van der Waals surface area (Å²) in [5, 5.41) is 0. The lowest BCUT2D eigenvalue weighted by molar-refractivity contribution is 0.103. The Kier molecular flexibility index (Phi) is 4.76. The van der Waals surface area contributed by atoms with E-state index in [4.69, 9.17) is 4.74 Å². The molecule has 0 atom stereocenters. The van der Waals surface area contributed by atoms with E-state index in [0.29, 0.717) is 22.8 Å². The van der Waals surface area contributed by atoms with Gasteiger partial charge in [0.15, 0.2) is 5.78 Å². The molecule has 0 aliphatic carbocycles. The molecule has 120 valence electrons. The molecule has 0 heterocycles. The lowest BCUT2D eigenvalue weighted by Crippen LogP contribution is -2.04. The Morgan fingerprint density at radius 1 is 0.750 bits per heavy atom. The molecule has 0 saturated carbocycles. The Hall–Kier alpha value is -2.87. The number of benzene rings is 3. The van der Waals surface area contributed by atoms with Crippen LogP contribution in [0.4, 0.5) is 0 Å². The summed E-state index contributed by atoms with van der Waals surface area (Å²) in [5.41, 5.74) is 2.35. The molecule has 0 amide bonds. The topological polar surface area (TPSA) is 26.3 Å². The zero-order valence-corrected chi connectivity index (χ0v) is 13.9. The van der Waals surface area contributed by atoms with Crippen LogP contribution >= 0.6 is 0 Å². The molecule has 0 unspecified atom stereocenters. The van der Waals surface area contributed by atoms with Gasteiger partial charge in [0.25, 0.3) is 0 Å². The molecule has 0 aliphatic rings. The first-order chi connectivity index (χ1) is 11.7. The van der Waals surface area contributed by atoms with Crippen LogP contribution in [-0.4, -0.2) is 5.78 Å². The smallest absolute Gasteiger partial charge is 0.196 e. The molecule has 2 nitrogen and oxygen atoms in total. The Morgan fingerprint density at radius 3 is 2.04 bits per heavy atom. The summed E-state index contributed by atoms with van der Waals surface area (Å²) in [5.74, 6) is 1.69.